The summed E-state index contributed by atoms with van der Waals surface area (Å²) in [6, 6.07) is 5.29. The molecule has 1 heterocycles. The molecule has 1 unspecified atom stereocenters. The standard InChI is InChI=1S/C21H33F3N4O3.HI/c1-25-20(26-8-3-11-30-15-14-29-2)27-16-19(28-9-12-31-13-10-28)17-4-6-18(7-5-17)21(22,23)24;/h4-7,19H,3,8-16H2,1-2H3,(H2,25,26,27);1H. The van der Waals surface area contributed by atoms with Gasteiger partial charge >= 0.3 is 6.18 Å². The van der Waals surface area contributed by atoms with Gasteiger partial charge in [0.1, 0.15) is 0 Å². The van der Waals surface area contributed by atoms with Crippen molar-refractivity contribution < 1.29 is 27.4 Å². The van der Waals surface area contributed by atoms with Crippen molar-refractivity contribution in [3.05, 3.63) is 35.4 Å². The Morgan fingerprint density at radius 3 is 2.41 bits per heavy atom. The van der Waals surface area contributed by atoms with E-state index in [4.69, 9.17) is 14.2 Å². The minimum Gasteiger partial charge on any atom is -0.382 e. The highest BCUT2D eigenvalue weighted by molar-refractivity contribution is 14.0. The number of hydrogen-bond donors (Lipinski definition) is 2. The predicted molar refractivity (Wildman–Crippen MR) is 129 cm³/mol. The largest absolute Gasteiger partial charge is 0.416 e. The molecule has 1 atom stereocenters. The van der Waals surface area contributed by atoms with Gasteiger partial charge in [0.25, 0.3) is 0 Å². The van der Waals surface area contributed by atoms with E-state index in [9.17, 15) is 13.2 Å². The number of nitrogens with one attached hydrogen (secondary N) is 2. The number of methoxy groups -OCH3 is 1. The van der Waals surface area contributed by atoms with Gasteiger partial charge in [-0.1, -0.05) is 12.1 Å². The fraction of sp³-hybridized carbons (Fsp3) is 0.667. The van der Waals surface area contributed by atoms with Crippen LogP contribution in [0.15, 0.2) is 29.3 Å². The molecule has 0 aromatic heterocycles. The molecule has 0 bridgehead atoms. The second-order valence-corrected chi connectivity index (χ2v) is 7.12. The average Bonchev–Trinajstić information content (AvgIpc) is 2.77. The molecule has 1 saturated heterocycles. The lowest BCUT2D eigenvalue weighted by Gasteiger charge is -2.35. The Balaban J connectivity index is 0.00000512. The van der Waals surface area contributed by atoms with E-state index in [-0.39, 0.29) is 30.0 Å². The molecule has 2 rings (SSSR count). The smallest absolute Gasteiger partial charge is 0.382 e. The molecule has 7 nitrogen and oxygen atoms in total. The summed E-state index contributed by atoms with van der Waals surface area (Å²) >= 11 is 0. The van der Waals surface area contributed by atoms with Crippen LogP contribution in [0.3, 0.4) is 0 Å². The Morgan fingerprint density at radius 2 is 1.81 bits per heavy atom. The van der Waals surface area contributed by atoms with Crippen LogP contribution in [0.4, 0.5) is 13.2 Å². The molecule has 0 saturated carbocycles. The molecule has 1 aliphatic rings. The van der Waals surface area contributed by atoms with Crippen LogP contribution in [-0.2, 0) is 20.4 Å². The molecule has 1 aliphatic heterocycles. The maximum absolute atomic E-state index is 12.9. The normalized spacial score (nSPS) is 16.3. The highest BCUT2D eigenvalue weighted by Gasteiger charge is 2.31. The lowest BCUT2D eigenvalue weighted by molar-refractivity contribution is -0.137. The van der Waals surface area contributed by atoms with Gasteiger partial charge in [0.05, 0.1) is 38.0 Å². The summed E-state index contributed by atoms with van der Waals surface area (Å²) < 4.78 is 54.6. The molecular formula is C21H34F3IN4O3. The van der Waals surface area contributed by atoms with Crippen molar-refractivity contribution in [2.75, 3.05) is 73.4 Å². The number of alkyl halides is 3. The van der Waals surface area contributed by atoms with Gasteiger partial charge in [-0.3, -0.25) is 9.89 Å². The highest BCUT2D eigenvalue weighted by atomic mass is 127. The van der Waals surface area contributed by atoms with E-state index in [1.54, 1.807) is 26.3 Å². The molecule has 32 heavy (non-hydrogen) atoms. The maximum Gasteiger partial charge on any atom is 0.416 e. The third-order valence-electron chi connectivity index (χ3n) is 4.99. The van der Waals surface area contributed by atoms with E-state index in [1.807, 2.05) is 0 Å². The van der Waals surface area contributed by atoms with Crippen LogP contribution in [0, 0.1) is 0 Å². The van der Waals surface area contributed by atoms with Gasteiger partial charge in [-0.25, -0.2) is 0 Å². The summed E-state index contributed by atoms with van der Waals surface area (Å²) in [5.74, 6) is 0.641. The van der Waals surface area contributed by atoms with Crippen LogP contribution in [0.25, 0.3) is 0 Å². The van der Waals surface area contributed by atoms with E-state index in [1.165, 1.54) is 0 Å². The number of morpholine rings is 1. The van der Waals surface area contributed by atoms with Crippen LogP contribution in [0.5, 0.6) is 0 Å². The topological polar surface area (TPSA) is 67.4 Å². The van der Waals surface area contributed by atoms with Crippen molar-refractivity contribution >= 4 is 29.9 Å². The third-order valence-corrected chi connectivity index (χ3v) is 4.99. The van der Waals surface area contributed by atoms with Gasteiger partial charge in [0.2, 0.25) is 0 Å². The second-order valence-electron chi connectivity index (χ2n) is 7.12. The lowest BCUT2D eigenvalue weighted by atomic mass is 10.0. The molecule has 2 N–H and O–H groups in total. The second kappa shape index (κ2) is 15.6. The number of ether oxygens (including phenoxy) is 3. The fourth-order valence-corrected chi connectivity index (χ4v) is 3.28. The lowest BCUT2D eigenvalue weighted by Crippen LogP contribution is -2.46. The van der Waals surface area contributed by atoms with E-state index in [0.29, 0.717) is 52.1 Å². The van der Waals surface area contributed by atoms with Gasteiger partial charge in [-0.05, 0) is 24.1 Å². The quantitative estimate of drug-likeness (QED) is 0.184. The van der Waals surface area contributed by atoms with Gasteiger partial charge in [-0.2, -0.15) is 13.2 Å². The first-order chi connectivity index (χ1) is 15.0. The number of guanidine groups is 1. The molecule has 184 valence electrons. The first-order valence-electron chi connectivity index (χ1n) is 10.5. The Kier molecular flexibility index (Phi) is 14.1. The average molecular weight is 574 g/mol. The molecular weight excluding hydrogens is 540 g/mol. The van der Waals surface area contributed by atoms with Crippen LogP contribution in [0.2, 0.25) is 0 Å². The van der Waals surface area contributed by atoms with E-state index in [0.717, 1.165) is 37.2 Å². The molecule has 1 aromatic rings. The summed E-state index contributed by atoms with van der Waals surface area (Å²) in [7, 11) is 3.32. The number of aliphatic imine (C=N–C) groups is 1. The van der Waals surface area contributed by atoms with Crippen LogP contribution in [-0.4, -0.2) is 84.2 Å². The molecule has 0 amide bonds. The zero-order chi connectivity index (χ0) is 22.5. The number of halogens is 4. The van der Waals surface area contributed by atoms with Gasteiger partial charge in [0, 0.05) is 46.9 Å². The Labute approximate surface area is 205 Å². The molecule has 0 spiro atoms. The van der Waals surface area contributed by atoms with Crippen molar-refractivity contribution in [3.63, 3.8) is 0 Å². The molecule has 11 heteroatoms. The minimum atomic E-state index is -4.34. The summed E-state index contributed by atoms with van der Waals surface area (Å²) in [5, 5.41) is 6.53. The van der Waals surface area contributed by atoms with E-state index < -0.39 is 11.7 Å². The maximum atomic E-state index is 12.9. The first kappa shape index (κ1) is 28.9. The third kappa shape index (κ3) is 10.2. The SMILES string of the molecule is CN=C(NCCCOCCOC)NCC(c1ccc(C(F)(F)F)cc1)N1CCOCC1.I. The first-order valence-corrected chi connectivity index (χ1v) is 10.5. The van der Waals surface area contributed by atoms with Crippen molar-refractivity contribution in [2.24, 2.45) is 4.99 Å². The molecule has 0 aliphatic carbocycles. The summed E-state index contributed by atoms with van der Waals surface area (Å²) in [4.78, 5) is 6.45. The number of benzene rings is 1. The summed E-state index contributed by atoms with van der Waals surface area (Å²) in [6.45, 7) is 5.61. The number of nitrogens with zero attached hydrogens (tertiary/aromatic N) is 2. The van der Waals surface area contributed by atoms with Crippen LogP contribution in [0.1, 0.15) is 23.6 Å². The van der Waals surface area contributed by atoms with Crippen molar-refractivity contribution in [3.8, 4) is 0 Å². The van der Waals surface area contributed by atoms with Crippen molar-refractivity contribution in [1.82, 2.24) is 15.5 Å². The van der Waals surface area contributed by atoms with Crippen LogP contribution >= 0.6 is 24.0 Å². The van der Waals surface area contributed by atoms with Crippen molar-refractivity contribution in [2.45, 2.75) is 18.6 Å². The fourth-order valence-electron chi connectivity index (χ4n) is 3.28. The Bertz CT molecular complexity index is 657. The number of rotatable bonds is 11. The van der Waals surface area contributed by atoms with E-state index in [2.05, 4.69) is 20.5 Å². The molecule has 1 aromatic carbocycles. The highest BCUT2D eigenvalue weighted by Crippen LogP contribution is 2.31. The minimum absolute atomic E-state index is 0. The van der Waals surface area contributed by atoms with Gasteiger partial charge < -0.3 is 24.8 Å². The summed E-state index contributed by atoms with van der Waals surface area (Å²) in [6.07, 6.45) is -3.53. The zero-order valence-electron chi connectivity index (χ0n) is 18.6. The molecule has 1 fully saturated rings. The monoisotopic (exact) mass is 574 g/mol. The molecule has 0 radical (unpaired) electrons. The zero-order valence-corrected chi connectivity index (χ0v) is 20.9. The Hall–Kier alpha value is -1.15. The van der Waals surface area contributed by atoms with E-state index >= 15 is 0 Å². The Morgan fingerprint density at radius 1 is 1.12 bits per heavy atom. The predicted octanol–water partition coefficient (Wildman–Crippen LogP) is 2.91. The van der Waals surface area contributed by atoms with Gasteiger partial charge in [0.15, 0.2) is 5.96 Å². The van der Waals surface area contributed by atoms with Crippen molar-refractivity contribution in [1.29, 1.82) is 0 Å². The van der Waals surface area contributed by atoms with Gasteiger partial charge in [-0.15, -0.1) is 24.0 Å². The number of hydrogen-bond acceptors (Lipinski definition) is 5. The summed E-state index contributed by atoms with van der Waals surface area (Å²) in [5.41, 5.74) is 0.180. The van der Waals surface area contributed by atoms with Crippen LogP contribution < -0.4 is 10.6 Å².